The van der Waals surface area contributed by atoms with Crippen molar-refractivity contribution in [2.45, 2.75) is 13.3 Å². The zero-order chi connectivity index (χ0) is 26.9. The summed E-state index contributed by atoms with van der Waals surface area (Å²) in [4.78, 5) is 24.5. The number of fused-ring (bicyclic) bond motifs is 1. The third-order valence-electron chi connectivity index (χ3n) is 5.71. The van der Waals surface area contributed by atoms with Crippen LogP contribution >= 0.6 is 11.6 Å². The summed E-state index contributed by atoms with van der Waals surface area (Å²) in [5, 5.41) is 18.1. The van der Waals surface area contributed by atoms with Gasteiger partial charge in [-0.3, -0.25) is 10.1 Å². The Morgan fingerprint density at radius 3 is 2.53 bits per heavy atom. The molecule has 0 aliphatic carbocycles. The number of carbonyl (C=O) groups is 2. The summed E-state index contributed by atoms with van der Waals surface area (Å²) in [6, 6.07) is 23.0. The number of phenols is 1. The number of nitrogens with zero attached hydrogens (tertiary/aromatic N) is 1. The maximum Gasteiger partial charge on any atom is 0.411 e. The van der Waals surface area contributed by atoms with E-state index in [-0.39, 0.29) is 29.5 Å². The van der Waals surface area contributed by atoms with Crippen molar-refractivity contribution in [3.05, 3.63) is 101 Å². The molecule has 0 heterocycles. The molecule has 0 aliphatic rings. The quantitative estimate of drug-likeness (QED) is 0.136. The first-order valence-corrected chi connectivity index (χ1v) is 12.3. The number of hydrogen-bond acceptors (Lipinski definition) is 6. The zero-order valence-electron chi connectivity index (χ0n) is 20.6. The molecule has 0 aliphatic heterocycles. The van der Waals surface area contributed by atoms with Gasteiger partial charge in [0.05, 0.1) is 11.2 Å². The van der Waals surface area contributed by atoms with Gasteiger partial charge in [0, 0.05) is 22.2 Å². The summed E-state index contributed by atoms with van der Waals surface area (Å²) in [6.07, 6.45) is 1.79. The molecule has 0 saturated heterocycles. The van der Waals surface area contributed by atoms with Gasteiger partial charge >= 0.3 is 6.09 Å². The number of ether oxygens (including phenoxy) is 2. The van der Waals surface area contributed by atoms with Crippen LogP contribution in [0.4, 0.5) is 10.5 Å². The van der Waals surface area contributed by atoms with Crippen LogP contribution in [0.2, 0.25) is 5.02 Å². The molecule has 0 atom stereocenters. The van der Waals surface area contributed by atoms with Crippen LogP contribution in [0.1, 0.15) is 28.4 Å². The minimum absolute atomic E-state index is 0.0744. The molecule has 2 amide bonds. The number of amides is 2. The molecule has 0 unspecified atom stereocenters. The smallest absolute Gasteiger partial charge is 0.411 e. The number of rotatable bonds is 9. The van der Waals surface area contributed by atoms with Crippen LogP contribution < -0.4 is 15.5 Å². The topological polar surface area (TPSA) is 109 Å². The third-order valence-corrected chi connectivity index (χ3v) is 6.01. The van der Waals surface area contributed by atoms with Crippen molar-refractivity contribution in [2.75, 3.05) is 18.5 Å². The fraction of sp³-hybridized carbons (Fsp3) is 0.138. The summed E-state index contributed by atoms with van der Waals surface area (Å²) in [5.41, 5.74) is 5.25. The van der Waals surface area contributed by atoms with E-state index in [9.17, 15) is 14.7 Å². The number of halogens is 1. The lowest BCUT2D eigenvalue weighted by Gasteiger charge is -2.12. The second kappa shape index (κ2) is 12.6. The number of phenolic OH excluding ortho intramolecular Hbond substituents is 1. The van der Waals surface area contributed by atoms with Crippen LogP contribution in [0.5, 0.6) is 11.5 Å². The Bertz CT molecular complexity index is 1490. The Morgan fingerprint density at radius 1 is 0.974 bits per heavy atom. The highest BCUT2D eigenvalue weighted by Crippen LogP contribution is 2.28. The van der Waals surface area contributed by atoms with Crippen molar-refractivity contribution < 1.29 is 24.2 Å². The molecule has 38 heavy (non-hydrogen) atoms. The van der Waals surface area contributed by atoms with Crippen molar-refractivity contribution >= 4 is 46.3 Å². The third kappa shape index (κ3) is 6.60. The number of hydrazone groups is 1. The molecule has 0 aromatic heterocycles. The molecule has 194 valence electrons. The molecule has 8 nitrogen and oxygen atoms in total. The van der Waals surface area contributed by atoms with Gasteiger partial charge in [-0.05, 0) is 53.8 Å². The van der Waals surface area contributed by atoms with Gasteiger partial charge < -0.3 is 14.6 Å². The molecule has 0 bridgehead atoms. The maximum atomic E-state index is 12.3. The number of aryl methyl sites for hydroxylation is 1. The highest BCUT2D eigenvalue weighted by molar-refractivity contribution is 6.32. The second-order valence-corrected chi connectivity index (χ2v) is 8.59. The van der Waals surface area contributed by atoms with E-state index in [4.69, 9.17) is 21.1 Å². The highest BCUT2D eigenvalue weighted by atomic mass is 35.5. The van der Waals surface area contributed by atoms with Gasteiger partial charge in [-0.1, -0.05) is 61.0 Å². The molecule has 3 N–H and O–H groups in total. The number of carbonyl (C=O) groups excluding carboxylic acids is 2. The first-order valence-electron chi connectivity index (χ1n) is 11.9. The molecule has 0 fully saturated rings. The molecule has 4 aromatic carbocycles. The average molecular weight is 532 g/mol. The van der Waals surface area contributed by atoms with Crippen LogP contribution in [0.25, 0.3) is 10.8 Å². The Hall–Kier alpha value is -4.56. The first-order chi connectivity index (χ1) is 18.5. The lowest BCUT2D eigenvalue weighted by molar-refractivity contribution is 0.0955. The monoisotopic (exact) mass is 531 g/mol. The molecule has 4 aromatic rings. The van der Waals surface area contributed by atoms with E-state index in [0.717, 1.165) is 34.0 Å². The number of aromatic hydroxyl groups is 1. The van der Waals surface area contributed by atoms with Crippen LogP contribution in [0.3, 0.4) is 0 Å². The number of hydrogen-bond donors (Lipinski definition) is 3. The molecule has 4 rings (SSSR count). The number of benzene rings is 4. The molecule has 0 spiro atoms. The van der Waals surface area contributed by atoms with Crippen molar-refractivity contribution in [3.8, 4) is 11.5 Å². The molecule has 9 heteroatoms. The van der Waals surface area contributed by atoms with Gasteiger partial charge in [0.2, 0.25) is 0 Å². The lowest BCUT2D eigenvalue weighted by atomic mass is 10.0. The second-order valence-electron chi connectivity index (χ2n) is 8.18. The standard InChI is InChI=1S/C29H26ClN3O5/c1-2-19-7-3-6-10-25(19)32-29(36)38-16-15-37-27-14-12-21(22-8-4-5-9-23(22)27)18-31-33-28(35)20-11-13-26(34)24(30)17-20/h3-14,17-18,34H,2,15-16H2,1H3,(H,32,36)(H,33,35)/b31-18+. The van der Waals surface area contributed by atoms with E-state index in [1.165, 1.54) is 24.4 Å². The largest absolute Gasteiger partial charge is 0.506 e. The summed E-state index contributed by atoms with van der Waals surface area (Å²) in [7, 11) is 0. The molecular formula is C29H26ClN3O5. The van der Waals surface area contributed by atoms with E-state index < -0.39 is 12.0 Å². The van der Waals surface area contributed by atoms with Crippen LogP contribution in [0, 0.1) is 0 Å². The van der Waals surface area contributed by atoms with Crippen molar-refractivity contribution in [3.63, 3.8) is 0 Å². The Balaban J connectivity index is 1.35. The molecule has 0 saturated carbocycles. The lowest BCUT2D eigenvalue weighted by Crippen LogP contribution is -2.18. The predicted molar refractivity (Wildman–Crippen MR) is 148 cm³/mol. The Kier molecular flexibility index (Phi) is 8.79. The predicted octanol–water partition coefficient (Wildman–Crippen LogP) is 6.15. The molecule has 0 radical (unpaired) electrons. The van der Waals surface area contributed by atoms with Gasteiger partial charge in [0.25, 0.3) is 5.91 Å². The van der Waals surface area contributed by atoms with Crippen molar-refractivity contribution in [1.82, 2.24) is 5.43 Å². The van der Waals surface area contributed by atoms with E-state index in [1.54, 1.807) is 6.07 Å². The summed E-state index contributed by atoms with van der Waals surface area (Å²) < 4.78 is 11.2. The number of nitrogens with one attached hydrogen (secondary N) is 2. The van der Waals surface area contributed by atoms with E-state index in [0.29, 0.717) is 5.75 Å². The minimum atomic E-state index is -0.539. The highest BCUT2D eigenvalue weighted by Gasteiger charge is 2.10. The SMILES string of the molecule is CCc1ccccc1NC(=O)OCCOc1ccc(/C=N/NC(=O)c2ccc(O)c(Cl)c2)c2ccccc12. The molecular weight excluding hydrogens is 506 g/mol. The van der Waals surface area contributed by atoms with E-state index in [1.807, 2.05) is 61.5 Å². The average Bonchev–Trinajstić information content (AvgIpc) is 2.93. The fourth-order valence-corrected chi connectivity index (χ4v) is 3.97. The van der Waals surface area contributed by atoms with E-state index in [2.05, 4.69) is 15.8 Å². The van der Waals surface area contributed by atoms with Gasteiger partial charge in [-0.25, -0.2) is 10.2 Å². The fourth-order valence-electron chi connectivity index (χ4n) is 3.79. The normalized spacial score (nSPS) is 10.9. The van der Waals surface area contributed by atoms with Crippen LogP contribution in [0.15, 0.2) is 84.0 Å². The minimum Gasteiger partial charge on any atom is -0.506 e. The number of anilines is 1. The summed E-state index contributed by atoms with van der Waals surface area (Å²) >= 11 is 5.86. The van der Waals surface area contributed by atoms with E-state index >= 15 is 0 Å². The number of para-hydroxylation sites is 1. The van der Waals surface area contributed by atoms with Crippen LogP contribution in [-0.4, -0.2) is 36.5 Å². The van der Waals surface area contributed by atoms with Gasteiger partial charge in [0.1, 0.15) is 24.7 Å². The maximum absolute atomic E-state index is 12.3. The Labute approximate surface area is 224 Å². The first kappa shape index (κ1) is 26.5. The zero-order valence-corrected chi connectivity index (χ0v) is 21.4. The summed E-state index contributed by atoms with van der Waals surface area (Å²) in [6.45, 7) is 2.27. The summed E-state index contributed by atoms with van der Waals surface area (Å²) in [5.74, 6) is 0.0589. The van der Waals surface area contributed by atoms with Crippen LogP contribution in [-0.2, 0) is 11.2 Å². The van der Waals surface area contributed by atoms with Gasteiger partial charge in [-0.2, -0.15) is 5.10 Å². The van der Waals surface area contributed by atoms with Crippen molar-refractivity contribution in [2.24, 2.45) is 5.10 Å². The van der Waals surface area contributed by atoms with Crippen molar-refractivity contribution in [1.29, 1.82) is 0 Å². The Morgan fingerprint density at radius 2 is 1.74 bits per heavy atom. The van der Waals surface area contributed by atoms with Gasteiger partial charge in [-0.15, -0.1) is 0 Å². The van der Waals surface area contributed by atoms with Gasteiger partial charge in [0.15, 0.2) is 0 Å².